The molecule has 110 valence electrons. The second kappa shape index (κ2) is 5.26. The van der Waals surface area contributed by atoms with Crippen LogP contribution in [0, 0.1) is 0 Å². The molecule has 0 bridgehead atoms. The Morgan fingerprint density at radius 1 is 1.33 bits per heavy atom. The molecule has 0 N–H and O–H groups in total. The smallest absolute Gasteiger partial charge is 0.276 e. The second-order valence-corrected chi connectivity index (χ2v) is 6.70. The van der Waals surface area contributed by atoms with Gasteiger partial charge in [0.05, 0.1) is 6.04 Å². The maximum Gasteiger partial charge on any atom is 0.276 e. The van der Waals surface area contributed by atoms with Gasteiger partial charge in [0.2, 0.25) is 0 Å². The van der Waals surface area contributed by atoms with Crippen LogP contribution in [0.15, 0.2) is 22.2 Å². The van der Waals surface area contributed by atoms with Gasteiger partial charge < -0.3 is 9.42 Å². The maximum absolute atomic E-state index is 12.7. The molecule has 1 saturated carbocycles. The van der Waals surface area contributed by atoms with Crippen LogP contribution >= 0.6 is 11.3 Å². The fourth-order valence-corrected chi connectivity index (χ4v) is 3.71. The van der Waals surface area contributed by atoms with Crippen molar-refractivity contribution < 1.29 is 9.32 Å². The number of thiazole rings is 1. The highest BCUT2D eigenvalue weighted by atomic mass is 32.1. The summed E-state index contributed by atoms with van der Waals surface area (Å²) in [6.07, 6.45) is 7.26. The maximum atomic E-state index is 12.7. The number of likely N-dealkylation sites (tertiary alicyclic amines) is 1. The monoisotopic (exact) mass is 303 g/mol. The van der Waals surface area contributed by atoms with Gasteiger partial charge in [-0.1, -0.05) is 5.16 Å². The molecule has 3 heterocycles. The van der Waals surface area contributed by atoms with Crippen LogP contribution in [-0.2, 0) is 0 Å². The Morgan fingerprint density at radius 2 is 2.24 bits per heavy atom. The Labute approximate surface area is 127 Å². The molecule has 0 spiro atoms. The van der Waals surface area contributed by atoms with E-state index >= 15 is 0 Å². The summed E-state index contributed by atoms with van der Waals surface area (Å²) in [6.45, 7) is 0.773. The van der Waals surface area contributed by atoms with Crippen molar-refractivity contribution in [3.8, 4) is 0 Å². The lowest BCUT2D eigenvalue weighted by molar-refractivity contribution is 0.0600. The van der Waals surface area contributed by atoms with Gasteiger partial charge in [0.25, 0.3) is 5.91 Å². The molecule has 2 fully saturated rings. The van der Waals surface area contributed by atoms with Gasteiger partial charge in [0.1, 0.15) is 10.8 Å². The zero-order valence-electron chi connectivity index (χ0n) is 11.7. The van der Waals surface area contributed by atoms with Crippen LogP contribution < -0.4 is 0 Å². The molecule has 6 heteroatoms. The van der Waals surface area contributed by atoms with Crippen LogP contribution in [-0.4, -0.2) is 27.5 Å². The number of carbonyl (C=O) groups is 1. The van der Waals surface area contributed by atoms with Crippen molar-refractivity contribution in [3.63, 3.8) is 0 Å². The Balaban J connectivity index is 1.58. The van der Waals surface area contributed by atoms with Crippen LogP contribution in [0.3, 0.4) is 0 Å². The number of hydrogen-bond acceptors (Lipinski definition) is 5. The van der Waals surface area contributed by atoms with Crippen LogP contribution in [0.1, 0.15) is 65.3 Å². The van der Waals surface area contributed by atoms with Gasteiger partial charge in [-0.3, -0.25) is 4.79 Å². The van der Waals surface area contributed by atoms with Gasteiger partial charge in [0, 0.05) is 30.1 Å². The first kappa shape index (κ1) is 13.0. The predicted molar refractivity (Wildman–Crippen MR) is 78.2 cm³/mol. The van der Waals surface area contributed by atoms with E-state index in [0.717, 1.165) is 49.4 Å². The lowest BCUT2D eigenvalue weighted by Gasteiger charge is -2.33. The van der Waals surface area contributed by atoms with Gasteiger partial charge in [-0.25, -0.2) is 4.98 Å². The molecule has 2 aromatic rings. The number of carbonyl (C=O) groups excluding carboxylic acids is 1. The number of amides is 1. The van der Waals surface area contributed by atoms with E-state index in [0.29, 0.717) is 11.6 Å². The number of rotatable bonds is 3. The van der Waals surface area contributed by atoms with Crippen LogP contribution in [0.4, 0.5) is 0 Å². The van der Waals surface area contributed by atoms with Gasteiger partial charge >= 0.3 is 0 Å². The summed E-state index contributed by atoms with van der Waals surface area (Å²) < 4.78 is 5.32. The minimum Gasteiger partial charge on any atom is -0.360 e. The van der Waals surface area contributed by atoms with Crippen molar-refractivity contribution in [2.45, 2.75) is 44.1 Å². The minimum atomic E-state index is -0.0226. The van der Waals surface area contributed by atoms with E-state index in [-0.39, 0.29) is 11.9 Å². The Bertz CT molecular complexity index is 633. The van der Waals surface area contributed by atoms with E-state index in [4.69, 9.17) is 4.52 Å². The zero-order valence-corrected chi connectivity index (χ0v) is 12.5. The van der Waals surface area contributed by atoms with E-state index in [1.807, 2.05) is 16.3 Å². The molecule has 0 aromatic carbocycles. The third-order valence-electron chi connectivity index (χ3n) is 4.23. The summed E-state index contributed by atoms with van der Waals surface area (Å²) >= 11 is 1.62. The molecule has 2 aliphatic rings. The quantitative estimate of drug-likeness (QED) is 0.872. The molecule has 0 unspecified atom stereocenters. The molecule has 1 aliphatic heterocycles. The van der Waals surface area contributed by atoms with Gasteiger partial charge in [-0.15, -0.1) is 11.3 Å². The van der Waals surface area contributed by atoms with E-state index in [2.05, 4.69) is 10.1 Å². The topological polar surface area (TPSA) is 59.2 Å². The molecule has 1 aliphatic carbocycles. The van der Waals surface area contributed by atoms with Crippen LogP contribution in [0.5, 0.6) is 0 Å². The largest absolute Gasteiger partial charge is 0.360 e. The van der Waals surface area contributed by atoms with E-state index in [1.165, 1.54) is 0 Å². The summed E-state index contributed by atoms with van der Waals surface area (Å²) in [5.41, 5.74) is 0.445. The van der Waals surface area contributed by atoms with Gasteiger partial charge in [-0.05, 0) is 32.1 Å². The van der Waals surface area contributed by atoms with Crippen molar-refractivity contribution >= 4 is 17.2 Å². The Morgan fingerprint density at radius 3 is 3.00 bits per heavy atom. The van der Waals surface area contributed by atoms with Crippen molar-refractivity contribution in [2.24, 2.45) is 0 Å². The fourth-order valence-electron chi connectivity index (χ4n) is 2.93. The minimum absolute atomic E-state index is 0.0226. The fraction of sp³-hybridized carbons (Fsp3) is 0.533. The lowest BCUT2D eigenvalue weighted by atomic mass is 10.0. The third kappa shape index (κ3) is 2.48. The van der Waals surface area contributed by atoms with E-state index < -0.39 is 0 Å². The summed E-state index contributed by atoms with van der Waals surface area (Å²) in [5, 5.41) is 6.97. The standard InChI is InChI=1S/C15H17N3O2S/c19-15(11-9-13(20-17-11)10-4-5-10)18-7-2-1-3-12(18)14-16-6-8-21-14/h6,8-10,12H,1-5,7H2/t12-/m1/s1. The molecule has 4 rings (SSSR count). The zero-order chi connectivity index (χ0) is 14.2. The second-order valence-electron chi connectivity index (χ2n) is 5.77. The highest BCUT2D eigenvalue weighted by Crippen LogP contribution is 2.40. The molecule has 1 saturated heterocycles. The summed E-state index contributed by atoms with van der Waals surface area (Å²) in [6, 6.07) is 1.92. The summed E-state index contributed by atoms with van der Waals surface area (Å²) in [4.78, 5) is 19.0. The Hall–Kier alpha value is -1.69. The molecule has 21 heavy (non-hydrogen) atoms. The Kier molecular flexibility index (Phi) is 3.25. The number of aromatic nitrogens is 2. The first-order valence-corrected chi connectivity index (χ1v) is 8.38. The average molecular weight is 303 g/mol. The predicted octanol–water partition coefficient (Wildman–Crippen LogP) is 3.38. The molecule has 0 radical (unpaired) electrons. The van der Waals surface area contributed by atoms with Crippen molar-refractivity contribution in [1.29, 1.82) is 0 Å². The van der Waals surface area contributed by atoms with Crippen molar-refractivity contribution in [2.75, 3.05) is 6.54 Å². The van der Waals surface area contributed by atoms with Crippen LogP contribution in [0.25, 0.3) is 0 Å². The van der Waals surface area contributed by atoms with E-state index in [9.17, 15) is 4.79 Å². The molecule has 1 atom stereocenters. The molecular weight excluding hydrogens is 286 g/mol. The number of hydrogen-bond donors (Lipinski definition) is 0. The molecule has 2 aromatic heterocycles. The lowest BCUT2D eigenvalue weighted by Crippen LogP contribution is -2.38. The highest BCUT2D eigenvalue weighted by molar-refractivity contribution is 7.09. The highest BCUT2D eigenvalue weighted by Gasteiger charge is 2.33. The van der Waals surface area contributed by atoms with Crippen LogP contribution in [0.2, 0.25) is 0 Å². The van der Waals surface area contributed by atoms with Crippen molar-refractivity contribution in [1.82, 2.24) is 15.0 Å². The molecular formula is C15H17N3O2S. The first-order chi connectivity index (χ1) is 10.3. The van der Waals surface area contributed by atoms with Crippen molar-refractivity contribution in [3.05, 3.63) is 34.1 Å². The summed E-state index contributed by atoms with van der Waals surface area (Å²) in [5.74, 6) is 1.32. The van der Waals surface area contributed by atoms with E-state index in [1.54, 1.807) is 17.5 Å². The third-order valence-corrected chi connectivity index (χ3v) is 5.10. The summed E-state index contributed by atoms with van der Waals surface area (Å²) in [7, 11) is 0. The average Bonchev–Trinajstić information content (AvgIpc) is 3.05. The number of nitrogens with zero attached hydrogens (tertiary/aromatic N) is 3. The first-order valence-electron chi connectivity index (χ1n) is 7.50. The normalized spacial score (nSPS) is 22.5. The SMILES string of the molecule is O=C(c1cc(C2CC2)on1)N1CCCC[C@@H]1c1nccs1. The molecule has 5 nitrogen and oxygen atoms in total. The van der Waals surface area contributed by atoms with Gasteiger partial charge in [-0.2, -0.15) is 0 Å². The van der Waals surface area contributed by atoms with Gasteiger partial charge in [0.15, 0.2) is 5.69 Å². The number of piperidine rings is 1. The molecule has 1 amide bonds.